The molecule has 0 rings (SSSR count). The number of carbonyl (C=O) groups is 1. The third-order valence-electron chi connectivity index (χ3n) is 3.04. The highest BCUT2D eigenvalue weighted by Gasteiger charge is 2.23. The lowest BCUT2D eigenvalue weighted by Gasteiger charge is -2.19. The summed E-state index contributed by atoms with van der Waals surface area (Å²) in [5.74, 6) is 8.25. The van der Waals surface area contributed by atoms with Crippen LogP contribution >= 0.6 is 0 Å². The summed E-state index contributed by atoms with van der Waals surface area (Å²) in [7, 11) is -1.39. The van der Waals surface area contributed by atoms with Crippen LogP contribution < -0.4 is 0 Å². The molecule has 0 bridgehead atoms. The Kier molecular flexibility index (Phi) is 7.42. The normalized spacial score (nSPS) is 11.6. The second kappa shape index (κ2) is 7.98. The van der Waals surface area contributed by atoms with Crippen molar-refractivity contribution in [2.75, 3.05) is 0 Å². The van der Waals surface area contributed by atoms with Crippen molar-refractivity contribution in [3.05, 3.63) is 0 Å². The molecule has 0 spiro atoms. The monoisotopic (exact) mass is 250 g/mol. The average molecular weight is 250 g/mol. The Bertz CT molecular complexity index is 353. The molecule has 0 amide bonds. The van der Waals surface area contributed by atoms with Gasteiger partial charge in [0.1, 0.15) is 8.07 Å². The van der Waals surface area contributed by atoms with Gasteiger partial charge in [-0.25, -0.2) is 0 Å². The molecule has 0 saturated heterocycles. The van der Waals surface area contributed by atoms with Crippen LogP contribution in [0.1, 0.15) is 34.6 Å². The fraction of sp³-hybridized carbons (Fsp3) is 0.643. The van der Waals surface area contributed by atoms with Gasteiger partial charge in [0.15, 0.2) is 6.10 Å². The van der Waals surface area contributed by atoms with Crippen molar-refractivity contribution in [3.63, 3.8) is 0 Å². The van der Waals surface area contributed by atoms with E-state index in [0.717, 1.165) is 0 Å². The Morgan fingerprint density at radius 2 is 1.71 bits per heavy atom. The number of ether oxygens (including phenoxy) is 1. The molecule has 0 N–H and O–H groups in total. The van der Waals surface area contributed by atoms with Crippen molar-refractivity contribution in [2.24, 2.45) is 0 Å². The molecule has 0 radical (unpaired) electrons. The topological polar surface area (TPSA) is 26.3 Å². The van der Waals surface area contributed by atoms with Crippen LogP contribution in [-0.2, 0) is 9.53 Å². The van der Waals surface area contributed by atoms with E-state index in [1.54, 1.807) is 6.92 Å². The van der Waals surface area contributed by atoms with Crippen LogP contribution in [0, 0.1) is 23.3 Å². The van der Waals surface area contributed by atoms with E-state index in [0.29, 0.717) is 0 Å². The van der Waals surface area contributed by atoms with Crippen LogP contribution in [0.4, 0.5) is 0 Å². The first-order valence-corrected chi connectivity index (χ1v) is 8.81. The standard InChI is InChI=1S/C14H22O2Si/c1-6-17(7-2,8-3)12-10-9-11-13(4)16-14(5)15/h13H,6-8H2,1-5H3. The largest absolute Gasteiger partial charge is 0.450 e. The maximum Gasteiger partial charge on any atom is 0.303 e. The molecule has 94 valence electrons. The zero-order valence-electron chi connectivity index (χ0n) is 11.5. The molecule has 0 aliphatic carbocycles. The number of rotatable bonds is 4. The highest BCUT2D eigenvalue weighted by atomic mass is 28.3. The molecule has 0 saturated carbocycles. The minimum absolute atomic E-state index is 0.306. The molecule has 0 fully saturated rings. The molecule has 0 aromatic rings. The Hall–Kier alpha value is -1.19. The molecule has 2 nitrogen and oxygen atoms in total. The van der Waals surface area contributed by atoms with Crippen molar-refractivity contribution in [1.82, 2.24) is 0 Å². The predicted octanol–water partition coefficient (Wildman–Crippen LogP) is 2.99. The summed E-state index contributed by atoms with van der Waals surface area (Å²) < 4.78 is 4.89. The van der Waals surface area contributed by atoms with Crippen LogP contribution in [0.25, 0.3) is 0 Å². The van der Waals surface area contributed by atoms with Gasteiger partial charge in [0.25, 0.3) is 0 Å². The Morgan fingerprint density at radius 3 is 2.12 bits per heavy atom. The molecule has 0 aliphatic heterocycles. The first-order valence-electron chi connectivity index (χ1n) is 6.19. The van der Waals surface area contributed by atoms with E-state index < -0.39 is 8.07 Å². The Labute approximate surface area is 106 Å². The minimum Gasteiger partial charge on any atom is -0.450 e. The quantitative estimate of drug-likeness (QED) is 0.435. The minimum atomic E-state index is -1.39. The summed E-state index contributed by atoms with van der Waals surface area (Å²) in [4.78, 5) is 10.7. The zero-order valence-corrected chi connectivity index (χ0v) is 12.5. The molecular weight excluding hydrogens is 228 g/mol. The van der Waals surface area contributed by atoms with Crippen LogP contribution in [0.5, 0.6) is 0 Å². The van der Waals surface area contributed by atoms with Gasteiger partial charge in [-0.2, -0.15) is 0 Å². The second-order valence-electron chi connectivity index (χ2n) is 4.11. The SMILES string of the molecule is CC[Si](C#CC#CC(C)OC(C)=O)(CC)CC. The summed E-state index contributed by atoms with van der Waals surface area (Å²) in [6, 6.07) is 3.52. The summed E-state index contributed by atoms with van der Waals surface area (Å²) in [5, 5.41) is 0. The fourth-order valence-electron chi connectivity index (χ4n) is 1.60. The maximum absolute atomic E-state index is 10.7. The smallest absolute Gasteiger partial charge is 0.303 e. The van der Waals surface area contributed by atoms with Gasteiger partial charge in [-0.05, 0) is 42.8 Å². The van der Waals surface area contributed by atoms with Gasteiger partial charge in [0.05, 0.1) is 0 Å². The maximum atomic E-state index is 10.7. The lowest BCUT2D eigenvalue weighted by molar-refractivity contribution is -0.143. The van der Waals surface area contributed by atoms with Gasteiger partial charge in [0, 0.05) is 6.92 Å². The molecule has 1 atom stereocenters. The number of hydrogen-bond acceptors (Lipinski definition) is 2. The summed E-state index contributed by atoms with van der Waals surface area (Å²) in [5.41, 5.74) is 3.37. The Balaban J connectivity index is 4.55. The Morgan fingerprint density at radius 1 is 1.18 bits per heavy atom. The highest BCUT2D eigenvalue weighted by molar-refractivity contribution is 6.87. The van der Waals surface area contributed by atoms with E-state index in [-0.39, 0.29) is 12.1 Å². The van der Waals surface area contributed by atoms with E-state index >= 15 is 0 Å². The van der Waals surface area contributed by atoms with Crippen molar-refractivity contribution in [3.8, 4) is 23.3 Å². The van der Waals surface area contributed by atoms with Gasteiger partial charge >= 0.3 is 5.97 Å². The number of carbonyl (C=O) groups excluding carboxylic acids is 1. The van der Waals surface area contributed by atoms with Gasteiger partial charge in [-0.1, -0.05) is 20.8 Å². The van der Waals surface area contributed by atoms with Crippen molar-refractivity contribution < 1.29 is 9.53 Å². The average Bonchev–Trinajstić information content (AvgIpc) is 2.29. The molecule has 0 aliphatic rings. The third kappa shape index (κ3) is 6.19. The summed E-state index contributed by atoms with van der Waals surface area (Å²) in [6.07, 6.45) is -0.372. The van der Waals surface area contributed by atoms with Gasteiger partial charge < -0.3 is 4.74 Å². The molecule has 3 heteroatoms. The van der Waals surface area contributed by atoms with Crippen LogP contribution in [-0.4, -0.2) is 20.1 Å². The molecule has 17 heavy (non-hydrogen) atoms. The number of hydrogen-bond donors (Lipinski definition) is 0. The first kappa shape index (κ1) is 15.8. The lowest BCUT2D eigenvalue weighted by Crippen LogP contribution is -2.29. The first-order chi connectivity index (χ1) is 7.99. The lowest BCUT2D eigenvalue weighted by atomic mass is 10.4. The van der Waals surface area contributed by atoms with Crippen LogP contribution in [0.3, 0.4) is 0 Å². The predicted molar refractivity (Wildman–Crippen MR) is 74.0 cm³/mol. The van der Waals surface area contributed by atoms with E-state index in [1.807, 2.05) is 0 Å². The van der Waals surface area contributed by atoms with E-state index in [9.17, 15) is 4.79 Å². The van der Waals surface area contributed by atoms with Gasteiger partial charge in [-0.3, -0.25) is 4.79 Å². The number of esters is 1. The van der Waals surface area contributed by atoms with E-state index in [1.165, 1.54) is 25.1 Å². The van der Waals surface area contributed by atoms with Crippen LogP contribution in [0.2, 0.25) is 18.1 Å². The molecule has 0 heterocycles. The second-order valence-corrected chi connectivity index (χ2v) is 9.04. The summed E-state index contributed by atoms with van der Waals surface area (Å²) in [6.45, 7) is 9.77. The molecule has 0 aromatic heterocycles. The highest BCUT2D eigenvalue weighted by Crippen LogP contribution is 2.18. The van der Waals surface area contributed by atoms with E-state index in [2.05, 4.69) is 44.1 Å². The molecule has 0 aromatic carbocycles. The van der Waals surface area contributed by atoms with Crippen molar-refractivity contribution in [1.29, 1.82) is 0 Å². The van der Waals surface area contributed by atoms with Gasteiger partial charge in [-0.15, -0.1) is 5.54 Å². The summed E-state index contributed by atoms with van der Waals surface area (Å²) >= 11 is 0. The van der Waals surface area contributed by atoms with Crippen LogP contribution in [0.15, 0.2) is 0 Å². The van der Waals surface area contributed by atoms with Crippen molar-refractivity contribution in [2.45, 2.75) is 58.9 Å². The van der Waals surface area contributed by atoms with Crippen molar-refractivity contribution >= 4 is 14.0 Å². The van der Waals surface area contributed by atoms with Gasteiger partial charge in [0.2, 0.25) is 0 Å². The molecular formula is C14H22O2Si. The molecule has 1 unspecified atom stereocenters. The zero-order chi connectivity index (χ0) is 13.3. The fourth-order valence-corrected chi connectivity index (χ4v) is 3.95. The third-order valence-corrected chi connectivity index (χ3v) is 7.75. The van der Waals surface area contributed by atoms with E-state index in [4.69, 9.17) is 4.74 Å².